The Kier molecular flexibility index (Phi) is 5.08. The summed E-state index contributed by atoms with van der Waals surface area (Å²) in [5.74, 6) is 0.608. The van der Waals surface area contributed by atoms with E-state index in [1.165, 1.54) is 6.92 Å². The number of amides is 2. The average Bonchev–Trinajstić information content (AvgIpc) is 2.61. The molecule has 1 aromatic heterocycles. The summed E-state index contributed by atoms with van der Waals surface area (Å²) in [4.78, 5) is 29.8. The van der Waals surface area contributed by atoms with Crippen molar-refractivity contribution in [1.82, 2.24) is 15.2 Å². The smallest absolute Gasteiger partial charge is 0.272 e. The fraction of sp³-hybridized carbons (Fsp3) is 0.421. The Morgan fingerprint density at radius 3 is 2.62 bits per heavy atom. The van der Waals surface area contributed by atoms with Crippen LogP contribution in [0.5, 0.6) is 0 Å². The Morgan fingerprint density at radius 2 is 1.92 bits per heavy atom. The quantitative estimate of drug-likeness (QED) is 0.940. The van der Waals surface area contributed by atoms with Crippen molar-refractivity contribution in [3.8, 4) is 0 Å². The highest BCUT2D eigenvalue weighted by Gasteiger charge is 2.24. The SMILES string of the molecule is CC(=O)NCCC1CCN(C(=O)c2cc3ccccc3cn2)CC1. The lowest BCUT2D eigenvalue weighted by Crippen LogP contribution is -2.39. The first kappa shape index (κ1) is 16.4. The maximum absolute atomic E-state index is 12.7. The number of hydrogen-bond donors (Lipinski definition) is 1. The number of benzene rings is 1. The van der Waals surface area contributed by atoms with Crippen molar-refractivity contribution < 1.29 is 9.59 Å². The number of piperidine rings is 1. The Balaban J connectivity index is 1.57. The van der Waals surface area contributed by atoms with E-state index in [0.717, 1.165) is 49.7 Å². The zero-order valence-corrected chi connectivity index (χ0v) is 14.0. The lowest BCUT2D eigenvalue weighted by Gasteiger charge is -2.31. The first-order chi connectivity index (χ1) is 11.6. The molecule has 126 valence electrons. The number of nitrogens with one attached hydrogen (secondary N) is 1. The fourth-order valence-corrected chi connectivity index (χ4v) is 3.24. The van der Waals surface area contributed by atoms with Crippen LogP contribution in [0.1, 0.15) is 36.7 Å². The van der Waals surface area contributed by atoms with Gasteiger partial charge in [-0.3, -0.25) is 14.6 Å². The molecule has 2 amide bonds. The second kappa shape index (κ2) is 7.43. The van der Waals surface area contributed by atoms with Gasteiger partial charge in [0, 0.05) is 38.1 Å². The Morgan fingerprint density at radius 1 is 1.21 bits per heavy atom. The molecule has 1 aliphatic rings. The van der Waals surface area contributed by atoms with Crippen molar-refractivity contribution in [3.05, 3.63) is 42.2 Å². The summed E-state index contributed by atoms with van der Waals surface area (Å²) in [6.07, 6.45) is 4.72. The second-order valence-electron chi connectivity index (χ2n) is 6.42. The van der Waals surface area contributed by atoms with Gasteiger partial charge in [0.1, 0.15) is 5.69 Å². The highest BCUT2D eigenvalue weighted by atomic mass is 16.2. The Hall–Kier alpha value is -2.43. The van der Waals surface area contributed by atoms with E-state index in [1.54, 1.807) is 6.20 Å². The van der Waals surface area contributed by atoms with Crippen molar-refractivity contribution in [2.24, 2.45) is 5.92 Å². The number of fused-ring (bicyclic) bond motifs is 1. The van der Waals surface area contributed by atoms with Crippen LogP contribution in [0.2, 0.25) is 0 Å². The number of pyridine rings is 1. The minimum absolute atomic E-state index is 0.0149. The van der Waals surface area contributed by atoms with Crippen LogP contribution >= 0.6 is 0 Å². The summed E-state index contributed by atoms with van der Waals surface area (Å²) in [7, 11) is 0. The molecule has 1 saturated heterocycles. The van der Waals surface area contributed by atoms with Gasteiger partial charge in [-0.25, -0.2) is 0 Å². The molecule has 0 spiro atoms. The van der Waals surface area contributed by atoms with E-state index in [9.17, 15) is 9.59 Å². The third kappa shape index (κ3) is 3.91. The first-order valence-electron chi connectivity index (χ1n) is 8.52. The van der Waals surface area contributed by atoms with Gasteiger partial charge < -0.3 is 10.2 Å². The molecule has 0 aliphatic carbocycles. The van der Waals surface area contributed by atoms with Gasteiger partial charge >= 0.3 is 0 Å². The molecule has 5 nitrogen and oxygen atoms in total. The van der Waals surface area contributed by atoms with Crippen LogP contribution in [0.4, 0.5) is 0 Å². The molecule has 0 bridgehead atoms. The Bertz CT molecular complexity index is 736. The summed E-state index contributed by atoms with van der Waals surface area (Å²) in [6, 6.07) is 9.81. The van der Waals surface area contributed by atoms with Crippen LogP contribution in [-0.2, 0) is 4.79 Å². The molecule has 5 heteroatoms. The molecule has 2 heterocycles. The molecule has 1 aromatic carbocycles. The van der Waals surface area contributed by atoms with Gasteiger partial charge in [0.2, 0.25) is 5.91 Å². The van der Waals surface area contributed by atoms with Gasteiger partial charge in [-0.2, -0.15) is 0 Å². The molecule has 1 aliphatic heterocycles. The van der Waals surface area contributed by atoms with E-state index in [0.29, 0.717) is 11.6 Å². The van der Waals surface area contributed by atoms with Crippen LogP contribution in [-0.4, -0.2) is 41.3 Å². The highest BCUT2D eigenvalue weighted by molar-refractivity contribution is 5.96. The second-order valence-corrected chi connectivity index (χ2v) is 6.42. The lowest BCUT2D eigenvalue weighted by atomic mass is 9.93. The van der Waals surface area contributed by atoms with E-state index < -0.39 is 0 Å². The normalized spacial score (nSPS) is 15.5. The minimum Gasteiger partial charge on any atom is -0.356 e. The average molecular weight is 325 g/mol. The first-order valence-corrected chi connectivity index (χ1v) is 8.52. The van der Waals surface area contributed by atoms with Gasteiger partial charge in [-0.05, 0) is 36.6 Å². The van der Waals surface area contributed by atoms with Crippen LogP contribution < -0.4 is 5.32 Å². The van der Waals surface area contributed by atoms with Crippen molar-refractivity contribution in [2.75, 3.05) is 19.6 Å². The largest absolute Gasteiger partial charge is 0.356 e. The molecule has 3 rings (SSSR count). The molecule has 0 saturated carbocycles. The number of hydrogen-bond acceptors (Lipinski definition) is 3. The fourth-order valence-electron chi connectivity index (χ4n) is 3.24. The van der Waals surface area contributed by atoms with Gasteiger partial charge in [0.25, 0.3) is 5.91 Å². The number of aromatic nitrogens is 1. The topological polar surface area (TPSA) is 62.3 Å². The summed E-state index contributed by atoms with van der Waals surface area (Å²) in [6.45, 7) is 3.79. The lowest BCUT2D eigenvalue weighted by molar-refractivity contribution is -0.119. The van der Waals surface area contributed by atoms with Gasteiger partial charge in [-0.15, -0.1) is 0 Å². The van der Waals surface area contributed by atoms with Crippen molar-refractivity contribution in [3.63, 3.8) is 0 Å². The summed E-state index contributed by atoms with van der Waals surface area (Å²) in [5, 5.41) is 4.93. The van der Waals surface area contributed by atoms with Crippen LogP contribution in [0, 0.1) is 5.92 Å². The summed E-state index contributed by atoms with van der Waals surface area (Å²) < 4.78 is 0. The number of likely N-dealkylation sites (tertiary alicyclic amines) is 1. The van der Waals surface area contributed by atoms with Gasteiger partial charge in [0.15, 0.2) is 0 Å². The van der Waals surface area contributed by atoms with Crippen LogP contribution in [0.3, 0.4) is 0 Å². The number of carbonyl (C=O) groups is 2. The van der Waals surface area contributed by atoms with Crippen molar-refractivity contribution >= 4 is 22.6 Å². The minimum atomic E-state index is 0.0149. The standard InChI is InChI=1S/C19H23N3O2/c1-14(23)20-9-6-15-7-10-22(11-8-15)19(24)18-12-16-4-2-3-5-17(16)13-21-18/h2-5,12-13,15H,6-11H2,1H3,(H,20,23). The molecule has 0 radical (unpaired) electrons. The maximum atomic E-state index is 12.7. The van der Waals surface area contributed by atoms with Crippen molar-refractivity contribution in [1.29, 1.82) is 0 Å². The monoisotopic (exact) mass is 325 g/mol. The third-order valence-electron chi connectivity index (χ3n) is 4.68. The molecule has 0 atom stereocenters. The number of rotatable bonds is 4. The highest BCUT2D eigenvalue weighted by Crippen LogP contribution is 2.22. The van der Waals surface area contributed by atoms with E-state index in [1.807, 2.05) is 35.2 Å². The molecular weight excluding hydrogens is 302 g/mol. The number of nitrogens with zero attached hydrogens (tertiary/aromatic N) is 2. The van der Waals surface area contributed by atoms with E-state index in [4.69, 9.17) is 0 Å². The predicted octanol–water partition coefficient (Wildman–Crippen LogP) is 2.61. The third-order valence-corrected chi connectivity index (χ3v) is 4.68. The molecule has 2 aromatic rings. The molecule has 0 unspecified atom stereocenters. The molecule has 1 fully saturated rings. The van der Waals surface area contributed by atoms with E-state index in [2.05, 4.69) is 10.3 Å². The zero-order chi connectivity index (χ0) is 16.9. The van der Waals surface area contributed by atoms with E-state index in [-0.39, 0.29) is 11.8 Å². The predicted molar refractivity (Wildman–Crippen MR) is 93.7 cm³/mol. The van der Waals surface area contributed by atoms with Gasteiger partial charge in [-0.1, -0.05) is 24.3 Å². The maximum Gasteiger partial charge on any atom is 0.272 e. The summed E-state index contributed by atoms with van der Waals surface area (Å²) in [5.41, 5.74) is 0.519. The van der Waals surface area contributed by atoms with Crippen LogP contribution in [0.15, 0.2) is 36.5 Å². The van der Waals surface area contributed by atoms with Gasteiger partial charge in [0.05, 0.1) is 0 Å². The molecule has 24 heavy (non-hydrogen) atoms. The van der Waals surface area contributed by atoms with E-state index >= 15 is 0 Å². The van der Waals surface area contributed by atoms with Crippen molar-refractivity contribution in [2.45, 2.75) is 26.2 Å². The zero-order valence-electron chi connectivity index (χ0n) is 14.0. The molecular formula is C19H23N3O2. The Labute approximate surface area is 142 Å². The summed E-state index contributed by atoms with van der Waals surface area (Å²) >= 11 is 0. The van der Waals surface area contributed by atoms with Crippen LogP contribution in [0.25, 0.3) is 10.8 Å². The molecule has 1 N–H and O–H groups in total. The number of carbonyl (C=O) groups excluding carboxylic acids is 2.